The van der Waals surface area contributed by atoms with Crippen LogP contribution in [0.3, 0.4) is 0 Å². The maximum atomic E-state index is 13.2. The Balaban J connectivity index is 2.03. The van der Waals surface area contributed by atoms with Crippen molar-refractivity contribution in [2.45, 2.75) is 51.8 Å². The van der Waals surface area contributed by atoms with Crippen LogP contribution in [-0.2, 0) is 20.8 Å². The normalized spacial score (nSPS) is 12.0. The van der Waals surface area contributed by atoms with E-state index in [1.165, 1.54) is 12.0 Å². The lowest BCUT2D eigenvalue weighted by Gasteiger charge is -2.25. The first-order chi connectivity index (χ1) is 15.1. The zero-order valence-corrected chi connectivity index (χ0v) is 19.0. The van der Waals surface area contributed by atoms with Gasteiger partial charge in [0.15, 0.2) is 0 Å². The summed E-state index contributed by atoms with van der Waals surface area (Å²) in [5.74, 6) is -0.817. The van der Waals surface area contributed by atoms with E-state index in [9.17, 15) is 14.4 Å². The first kappa shape index (κ1) is 24.9. The van der Waals surface area contributed by atoms with Crippen LogP contribution in [0, 0.1) is 0 Å². The number of esters is 1. The number of alkyl carbamates (subject to hydrolysis) is 1. The number of carbonyl (C=O) groups excluding carboxylic acids is 3. The molecule has 0 aliphatic heterocycles. The van der Waals surface area contributed by atoms with Crippen LogP contribution in [0.25, 0.3) is 0 Å². The Morgan fingerprint density at radius 1 is 1.19 bits per heavy atom. The molecule has 2 amide bonds. The molecule has 0 aliphatic carbocycles. The van der Waals surface area contributed by atoms with Gasteiger partial charge in [0, 0.05) is 12.7 Å². The molecular formula is C23H32N4O5. The molecule has 0 aliphatic rings. The lowest BCUT2D eigenvalue weighted by molar-refractivity contribution is -0.120. The topological polar surface area (TPSA) is 127 Å². The lowest BCUT2D eigenvalue weighted by Crippen LogP contribution is -2.44. The molecule has 9 heteroatoms. The van der Waals surface area contributed by atoms with Crippen molar-refractivity contribution in [3.05, 3.63) is 53.9 Å². The first-order valence-electron chi connectivity index (χ1n) is 10.4. The SMILES string of the molecule is COC(=O)c1cc(N(Cc2ccccc2)C(=O)[C@@H](N)CCCNC(=O)OC(C)(C)C)c[nH]1. The predicted octanol–water partition coefficient (Wildman–Crippen LogP) is 2.97. The van der Waals surface area contributed by atoms with Gasteiger partial charge in [-0.15, -0.1) is 0 Å². The third kappa shape index (κ3) is 7.73. The van der Waals surface area contributed by atoms with Crippen molar-refractivity contribution in [1.82, 2.24) is 10.3 Å². The molecule has 2 rings (SSSR count). The largest absolute Gasteiger partial charge is 0.464 e. The number of methoxy groups -OCH3 is 1. The molecule has 0 radical (unpaired) electrons. The van der Waals surface area contributed by atoms with Gasteiger partial charge in [0.25, 0.3) is 0 Å². The summed E-state index contributed by atoms with van der Waals surface area (Å²) in [6.45, 7) is 5.99. The monoisotopic (exact) mass is 444 g/mol. The summed E-state index contributed by atoms with van der Waals surface area (Å²) in [7, 11) is 1.29. The van der Waals surface area contributed by atoms with E-state index in [1.807, 2.05) is 30.3 Å². The molecule has 0 fully saturated rings. The maximum Gasteiger partial charge on any atom is 0.407 e. The molecule has 32 heavy (non-hydrogen) atoms. The number of amides is 2. The summed E-state index contributed by atoms with van der Waals surface area (Å²) >= 11 is 0. The van der Waals surface area contributed by atoms with Gasteiger partial charge in [-0.3, -0.25) is 4.79 Å². The standard InChI is InChI=1S/C23H32N4O5/c1-23(2,3)32-22(30)25-12-8-11-18(24)20(28)27(15-16-9-6-5-7-10-16)17-13-19(26-14-17)21(29)31-4/h5-7,9-10,13-14,18,26H,8,11-12,15,24H2,1-4H3,(H,25,30)/t18-/m0/s1. The van der Waals surface area contributed by atoms with Crippen LogP contribution >= 0.6 is 0 Å². The fraction of sp³-hybridized carbons (Fsp3) is 0.435. The summed E-state index contributed by atoms with van der Waals surface area (Å²) in [6, 6.07) is 10.3. The Morgan fingerprint density at radius 2 is 1.88 bits per heavy atom. The van der Waals surface area contributed by atoms with Crippen LogP contribution in [0.15, 0.2) is 42.6 Å². The van der Waals surface area contributed by atoms with Crippen molar-refractivity contribution in [2.24, 2.45) is 5.73 Å². The smallest absolute Gasteiger partial charge is 0.407 e. The number of benzene rings is 1. The zero-order chi connectivity index (χ0) is 23.7. The summed E-state index contributed by atoms with van der Waals surface area (Å²) in [5, 5.41) is 2.66. The highest BCUT2D eigenvalue weighted by Gasteiger charge is 2.24. The van der Waals surface area contributed by atoms with E-state index in [-0.39, 0.29) is 11.6 Å². The van der Waals surface area contributed by atoms with Gasteiger partial charge < -0.3 is 30.4 Å². The molecule has 0 spiro atoms. The van der Waals surface area contributed by atoms with Crippen molar-refractivity contribution < 1.29 is 23.9 Å². The number of ether oxygens (including phenoxy) is 2. The quantitative estimate of drug-likeness (QED) is 0.403. The molecule has 1 aromatic carbocycles. The molecule has 1 aromatic heterocycles. The number of aromatic nitrogens is 1. The van der Waals surface area contributed by atoms with Gasteiger partial charge in [-0.1, -0.05) is 30.3 Å². The third-order valence-electron chi connectivity index (χ3n) is 4.51. The number of anilines is 1. The molecule has 0 saturated heterocycles. The minimum atomic E-state index is -0.782. The third-order valence-corrected chi connectivity index (χ3v) is 4.51. The van der Waals surface area contributed by atoms with E-state index in [0.717, 1.165) is 5.56 Å². The van der Waals surface area contributed by atoms with Gasteiger partial charge >= 0.3 is 12.1 Å². The van der Waals surface area contributed by atoms with Crippen molar-refractivity contribution in [1.29, 1.82) is 0 Å². The fourth-order valence-electron chi connectivity index (χ4n) is 2.98. The molecule has 0 bridgehead atoms. The van der Waals surface area contributed by atoms with E-state index >= 15 is 0 Å². The van der Waals surface area contributed by atoms with Gasteiger partial charge in [-0.25, -0.2) is 9.59 Å². The van der Waals surface area contributed by atoms with Crippen LogP contribution in [0.1, 0.15) is 49.7 Å². The molecular weight excluding hydrogens is 412 g/mol. The first-order valence-corrected chi connectivity index (χ1v) is 10.4. The van der Waals surface area contributed by atoms with Gasteiger partial charge in [0.1, 0.15) is 11.3 Å². The fourth-order valence-corrected chi connectivity index (χ4v) is 2.98. The summed E-state index contributed by atoms with van der Waals surface area (Å²) in [4.78, 5) is 41.1. The molecule has 1 heterocycles. The maximum absolute atomic E-state index is 13.2. The molecule has 1 atom stereocenters. The number of nitrogens with two attached hydrogens (primary N) is 1. The summed E-state index contributed by atoms with van der Waals surface area (Å²) in [5.41, 5.74) is 7.28. The Morgan fingerprint density at radius 3 is 2.50 bits per heavy atom. The van der Waals surface area contributed by atoms with E-state index in [0.29, 0.717) is 31.6 Å². The number of nitrogens with one attached hydrogen (secondary N) is 2. The molecule has 9 nitrogen and oxygen atoms in total. The van der Waals surface area contributed by atoms with E-state index < -0.39 is 23.7 Å². The Kier molecular flexibility index (Phi) is 8.83. The average Bonchev–Trinajstić information content (AvgIpc) is 3.23. The van der Waals surface area contributed by atoms with Gasteiger partial charge in [0.05, 0.1) is 25.4 Å². The minimum Gasteiger partial charge on any atom is -0.464 e. The number of hydrogen-bond acceptors (Lipinski definition) is 6. The highest BCUT2D eigenvalue weighted by Crippen LogP contribution is 2.21. The second-order valence-electron chi connectivity index (χ2n) is 8.35. The average molecular weight is 445 g/mol. The second kappa shape index (κ2) is 11.3. The van der Waals surface area contributed by atoms with Crippen LogP contribution < -0.4 is 16.0 Å². The zero-order valence-electron chi connectivity index (χ0n) is 19.0. The predicted molar refractivity (Wildman–Crippen MR) is 121 cm³/mol. The highest BCUT2D eigenvalue weighted by atomic mass is 16.6. The van der Waals surface area contributed by atoms with Crippen molar-refractivity contribution in [2.75, 3.05) is 18.6 Å². The second-order valence-corrected chi connectivity index (χ2v) is 8.35. The van der Waals surface area contributed by atoms with E-state index in [2.05, 4.69) is 10.3 Å². The Labute approximate surface area is 188 Å². The van der Waals surface area contributed by atoms with Crippen LogP contribution in [0.2, 0.25) is 0 Å². The van der Waals surface area contributed by atoms with Crippen LogP contribution in [0.4, 0.5) is 10.5 Å². The number of H-pyrrole nitrogens is 1. The number of carbonyl (C=O) groups is 3. The van der Waals surface area contributed by atoms with Crippen molar-refractivity contribution >= 4 is 23.7 Å². The number of aromatic amines is 1. The number of nitrogens with zero attached hydrogens (tertiary/aromatic N) is 1. The number of hydrogen-bond donors (Lipinski definition) is 3. The van der Waals surface area contributed by atoms with Crippen molar-refractivity contribution in [3.63, 3.8) is 0 Å². The van der Waals surface area contributed by atoms with Gasteiger partial charge in [0.2, 0.25) is 5.91 Å². The van der Waals surface area contributed by atoms with Gasteiger partial charge in [-0.2, -0.15) is 0 Å². The lowest BCUT2D eigenvalue weighted by atomic mass is 10.1. The van der Waals surface area contributed by atoms with E-state index in [1.54, 1.807) is 33.0 Å². The molecule has 174 valence electrons. The Bertz CT molecular complexity index is 905. The molecule has 4 N–H and O–H groups in total. The molecule has 2 aromatic rings. The Hall–Kier alpha value is -3.33. The van der Waals surface area contributed by atoms with Gasteiger partial charge in [-0.05, 0) is 45.2 Å². The van der Waals surface area contributed by atoms with Crippen LogP contribution in [0.5, 0.6) is 0 Å². The minimum absolute atomic E-state index is 0.239. The molecule has 0 saturated carbocycles. The van der Waals surface area contributed by atoms with Crippen LogP contribution in [-0.4, -0.2) is 48.3 Å². The van der Waals surface area contributed by atoms with E-state index in [4.69, 9.17) is 15.2 Å². The summed E-state index contributed by atoms with van der Waals surface area (Å²) in [6.07, 6.45) is 1.94. The highest BCUT2D eigenvalue weighted by molar-refractivity contribution is 5.98. The summed E-state index contributed by atoms with van der Waals surface area (Å²) < 4.78 is 9.92. The number of rotatable bonds is 9. The molecule has 0 unspecified atom stereocenters. The van der Waals surface area contributed by atoms with Crippen molar-refractivity contribution in [3.8, 4) is 0 Å².